The third kappa shape index (κ3) is 4.99. The maximum absolute atomic E-state index is 12.1. The molecule has 4 nitrogen and oxygen atoms in total. The summed E-state index contributed by atoms with van der Waals surface area (Å²) in [4.78, 5) is 0.0421. The molecule has 0 radical (unpaired) electrons. The highest BCUT2D eigenvalue weighted by atomic mass is 35.5. The second-order valence-electron chi connectivity index (χ2n) is 4.76. The van der Waals surface area contributed by atoms with Crippen LogP contribution in [0.15, 0.2) is 41.3 Å². The number of halogens is 3. The normalized spacial score (nSPS) is 11.5. The highest BCUT2D eigenvalue weighted by Crippen LogP contribution is 2.26. The van der Waals surface area contributed by atoms with E-state index in [1.807, 2.05) is 13.0 Å². The van der Waals surface area contributed by atoms with Crippen LogP contribution in [0.5, 0.6) is 5.75 Å². The van der Waals surface area contributed by atoms with E-state index in [-0.39, 0.29) is 23.1 Å². The van der Waals surface area contributed by atoms with Gasteiger partial charge in [-0.05, 0) is 42.8 Å². The lowest BCUT2D eigenvalue weighted by Crippen LogP contribution is -2.28. The highest BCUT2D eigenvalue weighted by Gasteiger charge is 2.15. The van der Waals surface area contributed by atoms with Crippen LogP contribution in [0.2, 0.25) is 15.1 Å². The van der Waals surface area contributed by atoms with Crippen molar-refractivity contribution in [1.82, 2.24) is 4.72 Å². The first-order valence-corrected chi connectivity index (χ1v) is 9.25. The molecule has 23 heavy (non-hydrogen) atoms. The minimum absolute atomic E-state index is 0.0421. The zero-order valence-corrected chi connectivity index (χ0v) is 15.2. The van der Waals surface area contributed by atoms with Crippen LogP contribution >= 0.6 is 34.8 Å². The van der Waals surface area contributed by atoms with Gasteiger partial charge in [-0.3, -0.25) is 0 Å². The Morgan fingerprint density at radius 1 is 1.00 bits per heavy atom. The molecule has 0 saturated carbocycles. The van der Waals surface area contributed by atoms with Crippen molar-refractivity contribution in [3.63, 3.8) is 0 Å². The van der Waals surface area contributed by atoms with E-state index in [0.29, 0.717) is 15.8 Å². The first-order valence-electron chi connectivity index (χ1n) is 6.63. The molecule has 0 spiro atoms. The molecule has 0 bridgehead atoms. The molecule has 2 aromatic carbocycles. The molecule has 124 valence electrons. The number of hydrogen-bond donors (Lipinski definition) is 1. The molecule has 0 amide bonds. The SMILES string of the molecule is Cc1ccc(Cl)c(OCCNS(=O)(=O)c2ccc(Cl)c(Cl)c2)c1. The summed E-state index contributed by atoms with van der Waals surface area (Å²) >= 11 is 17.6. The molecule has 0 aliphatic heterocycles. The molecule has 0 atom stereocenters. The van der Waals surface area contributed by atoms with Crippen molar-refractivity contribution in [2.24, 2.45) is 0 Å². The molecule has 2 rings (SSSR count). The molecule has 8 heteroatoms. The average molecular weight is 395 g/mol. The maximum atomic E-state index is 12.1. The van der Waals surface area contributed by atoms with Gasteiger partial charge in [-0.2, -0.15) is 0 Å². The minimum Gasteiger partial charge on any atom is -0.491 e. The summed E-state index contributed by atoms with van der Waals surface area (Å²) in [5, 5.41) is 0.948. The summed E-state index contributed by atoms with van der Waals surface area (Å²) in [6.07, 6.45) is 0. The van der Waals surface area contributed by atoms with E-state index in [1.54, 1.807) is 12.1 Å². The Bertz CT molecular complexity index is 810. The van der Waals surface area contributed by atoms with E-state index in [2.05, 4.69) is 4.72 Å². The summed E-state index contributed by atoms with van der Waals surface area (Å²) in [6.45, 7) is 2.15. The Balaban J connectivity index is 1.94. The second-order valence-corrected chi connectivity index (χ2v) is 7.74. The Morgan fingerprint density at radius 2 is 1.70 bits per heavy atom. The Hall–Kier alpha value is -0.980. The Labute approximate surface area is 150 Å². The summed E-state index contributed by atoms with van der Waals surface area (Å²) in [5.74, 6) is 0.514. The van der Waals surface area contributed by atoms with Gasteiger partial charge in [0, 0.05) is 6.54 Å². The van der Waals surface area contributed by atoms with E-state index >= 15 is 0 Å². The first-order chi connectivity index (χ1) is 10.8. The standard InChI is InChI=1S/C15H14Cl3NO3S/c1-10-2-4-13(17)15(8-10)22-7-6-19-23(20,21)11-3-5-12(16)14(18)9-11/h2-5,8-9,19H,6-7H2,1H3. The van der Waals surface area contributed by atoms with Gasteiger partial charge in [-0.1, -0.05) is 40.9 Å². The smallest absolute Gasteiger partial charge is 0.240 e. The molecule has 0 aliphatic carbocycles. The fraction of sp³-hybridized carbons (Fsp3) is 0.200. The molecule has 0 aromatic heterocycles. The lowest BCUT2D eigenvalue weighted by molar-refractivity contribution is 0.323. The van der Waals surface area contributed by atoms with Gasteiger partial charge in [0.25, 0.3) is 0 Å². The van der Waals surface area contributed by atoms with Crippen LogP contribution in [0, 0.1) is 6.92 Å². The van der Waals surface area contributed by atoms with Crippen LogP contribution in [0.25, 0.3) is 0 Å². The van der Waals surface area contributed by atoms with E-state index in [1.165, 1.54) is 18.2 Å². The molecule has 0 heterocycles. The van der Waals surface area contributed by atoms with Gasteiger partial charge in [-0.25, -0.2) is 13.1 Å². The van der Waals surface area contributed by atoms with Gasteiger partial charge in [0.15, 0.2) is 0 Å². The largest absolute Gasteiger partial charge is 0.491 e. The first kappa shape index (κ1) is 18.4. The molecular weight excluding hydrogens is 381 g/mol. The van der Waals surface area contributed by atoms with Crippen LogP contribution in [-0.2, 0) is 10.0 Å². The van der Waals surface area contributed by atoms with Gasteiger partial charge in [0.2, 0.25) is 10.0 Å². The number of hydrogen-bond acceptors (Lipinski definition) is 3. The lowest BCUT2D eigenvalue weighted by Gasteiger charge is -2.10. The van der Waals surface area contributed by atoms with Crippen LogP contribution in [0.4, 0.5) is 0 Å². The maximum Gasteiger partial charge on any atom is 0.240 e. The number of rotatable bonds is 6. The number of aryl methyl sites for hydroxylation is 1. The van der Waals surface area contributed by atoms with Gasteiger partial charge < -0.3 is 4.74 Å². The third-order valence-electron chi connectivity index (χ3n) is 2.94. The fourth-order valence-electron chi connectivity index (χ4n) is 1.79. The number of sulfonamides is 1. The van der Waals surface area contributed by atoms with Crippen molar-refractivity contribution in [2.45, 2.75) is 11.8 Å². The van der Waals surface area contributed by atoms with Crippen molar-refractivity contribution >= 4 is 44.8 Å². The zero-order valence-electron chi connectivity index (χ0n) is 12.1. The summed E-state index contributed by atoms with van der Waals surface area (Å²) < 4.78 is 32.2. The molecule has 0 saturated heterocycles. The van der Waals surface area contributed by atoms with Crippen LogP contribution in [-0.4, -0.2) is 21.6 Å². The number of benzene rings is 2. The summed E-state index contributed by atoms with van der Waals surface area (Å²) in [6, 6.07) is 9.49. The molecule has 1 N–H and O–H groups in total. The highest BCUT2D eigenvalue weighted by molar-refractivity contribution is 7.89. The fourth-order valence-corrected chi connectivity index (χ4v) is 3.36. The van der Waals surface area contributed by atoms with E-state index in [0.717, 1.165) is 5.56 Å². The summed E-state index contributed by atoms with van der Waals surface area (Å²) in [5.41, 5.74) is 1.00. The van der Waals surface area contributed by atoms with Crippen LogP contribution in [0.3, 0.4) is 0 Å². The Morgan fingerprint density at radius 3 is 2.39 bits per heavy atom. The van der Waals surface area contributed by atoms with Crippen LogP contribution < -0.4 is 9.46 Å². The van der Waals surface area contributed by atoms with E-state index < -0.39 is 10.0 Å². The number of ether oxygens (including phenoxy) is 1. The van der Waals surface area contributed by atoms with Gasteiger partial charge in [0.1, 0.15) is 12.4 Å². The van der Waals surface area contributed by atoms with Gasteiger partial charge in [0.05, 0.1) is 20.0 Å². The molecule has 0 aliphatic rings. The second kappa shape index (κ2) is 7.73. The van der Waals surface area contributed by atoms with Gasteiger partial charge >= 0.3 is 0 Å². The summed E-state index contributed by atoms with van der Waals surface area (Å²) in [7, 11) is -3.68. The van der Waals surface area contributed by atoms with Crippen LogP contribution in [0.1, 0.15) is 5.56 Å². The average Bonchev–Trinajstić information content (AvgIpc) is 2.49. The lowest BCUT2D eigenvalue weighted by atomic mass is 10.2. The van der Waals surface area contributed by atoms with E-state index in [4.69, 9.17) is 39.5 Å². The Kier molecular flexibility index (Phi) is 6.17. The molecule has 0 fully saturated rings. The zero-order chi connectivity index (χ0) is 17.0. The minimum atomic E-state index is -3.68. The molecule has 2 aromatic rings. The number of nitrogens with one attached hydrogen (secondary N) is 1. The van der Waals surface area contributed by atoms with Crippen molar-refractivity contribution in [2.75, 3.05) is 13.2 Å². The third-order valence-corrected chi connectivity index (χ3v) is 5.45. The van der Waals surface area contributed by atoms with Gasteiger partial charge in [-0.15, -0.1) is 0 Å². The predicted molar refractivity (Wildman–Crippen MR) is 93.3 cm³/mol. The molecule has 0 unspecified atom stereocenters. The monoisotopic (exact) mass is 393 g/mol. The quantitative estimate of drug-likeness (QED) is 0.743. The van der Waals surface area contributed by atoms with Crippen molar-refractivity contribution in [3.05, 3.63) is 57.0 Å². The van der Waals surface area contributed by atoms with Crippen molar-refractivity contribution in [3.8, 4) is 5.75 Å². The topological polar surface area (TPSA) is 55.4 Å². The van der Waals surface area contributed by atoms with E-state index in [9.17, 15) is 8.42 Å². The molecular formula is C15H14Cl3NO3S. The van der Waals surface area contributed by atoms with Crippen molar-refractivity contribution in [1.29, 1.82) is 0 Å². The van der Waals surface area contributed by atoms with Crippen molar-refractivity contribution < 1.29 is 13.2 Å². The predicted octanol–water partition coefficient (Wildman–Crippen LogP) is 4.31.